The number of likely N-dealkylation sites (tertiary alicyclic amines) is 1. The van der Waals surface area contributed by atoms with Gasteiger partial charge in [-0.25, -0.2) is 0 Å². The van der Waals surface area contributed by atoms with Gasteiger partial charge in [0.15, 0.2) is 5.78 Å². The molecule has 1 saturated heterocycles. The highest BCUT2D eigenvalue weighted by Gasteiger charge is 2.32. The highest BCUT2D eigenvalue weighted by Crippen LogP contribution is 2.32. The Hall–Kier alpha value is -4.18. The maximum Gasteiger partial charge on any atom is 0.416 e. The number of carbonyl (C=O) groups excluding carboxylic acids is 2. The fourth-order valence-electron chi connectivity index (χ4n) is 4.94. The van der Waals surface area contributed by atoms with Gasteiger partial charge in [0.1, 0.15) is 11.5 Å². The van der Waals surface area contributed by atoms with Crippen LogP contribution in [0.15, 0.2) is 66.9 Å². The predicted molar refractivity (Wildman–Crippen MR) is 147 cm³/mol. The number of Topliss-reactive ketones (excluding diaryl/α,β-unsaturated/α-hetero) is 1. The number of nitrogens with zero attached hydrogens (tertiary/aromatic N) is 3. The van der Waals surface area contributed by atoms with E-state index in [1.807, 2.05) is 29.9 Å². The second-order valence-electron chi connectivity index (χ2n) is 10.3. The van der Waals surface area contributed by atoms with Gasteiger partial charge in [0, 0.05) is 68.4 Å². The summed E-state index contributed by atoms with van der Waals surface area (Å²) in [7, 11) is 1.62. The zero-order chi connectivity index (χ0) is 29.1. The lowest BCUT2D eigenvalue weighted by Gasteiger charge is -2.39. The minimum Gasteiger partial charge on any atom is -0.457 e. The molecule has 3 aromatic carbocycles. The molecular weight excluding hydrogens is 535 g/mol. The van der Waals surface area contributed by atoms with E-state index in [-0.39, 0.29) is 23.4 Å². The molecule has 4 aromatic rings. The summed E-state index contributed by atoms with van der Waals surface area (Å²) in [5.41, 5.74) is 2.21. The van der Waals surface area contributed by atoms with Crippen molar-refractivity contribution in [1.82, 2.24) is 14.7 Å². The van der Waals surface area contributed by atoms with E-state index in [4.69, 9.17) is 9.47 Å². The topological polar surface area (TPSA) is 73.7 Å². The number of methoxy groups -OCH3 is 1. The van der Waals surface area contributed by atoms with E-state index in [9.17, 15) is 22.8 Å². The molecule has 0 radical (unpaired) electrons. The van der Waals surface area contributed by atoms with Gasteiger partial charge in [-0.15, -0.1) is 0 Å². The van der Waals surface area contributed by atoms with Crippen molar-refractivity contribution in [1.29, 1.82) is 0 Å². The summed E-state index contributed by atoms with van der Waals surface area (Å²) in [5, 5.41) is 5.59. The number of alkyl halides is 3. The summed E-state index contributed by atoms with van der Waals surface area (Å²) < 4.78 is 50.8. The molecule has 214 valence electrons. The lowest BCUT2D eigenvalue weighted by Crippen LogP contribution is -2.51. The molecule has 0 spiro atoms. The van der Waals surface area contributed by atoms with Gasteiger partial charge in [0.25, 0.3) is 5.91 Å². The van der Waals surface area contributed by atoms with Gasteiger partial charge in [-0.1, -0.05) is 0 Å². The van der Waals surface area contributed by atoms with Gasteiger partial charge in [-0.2, -0.15) is 18.3 Å². The fourth-order valence-corrected chi connectivity index (χ4v) is 4.94. The number of carbonyl (C=O) groups is 2. The Morgan fingerprint density at radius 1 is 1.00 bits per heavy atom. The van der Waals surface area contributed by atoms with Crippen LogP contribution in [0.1, 0.15) is 44.7 Å². The Morgan fingerprint density at radius 2 is 1.66 bits per heavy atom. The van der Waals surface area contributed by atoms with Crippen LogP contribution in [-0.4, -0.2) is 53.2 Å². The van der Waals surface area contributed by atoms with Gasteiger partial charge < -0.3 is 14.4 Å². The number of hydrogen-bond acceptors (Lipinski definition) is 5. The van der Waals surface area contributed by atoms with E-state index in [2.05, 4.69) is 5.10 Å². The Labute approximate surface area is 235 Å². The van der Waals surface area contributed by atoms with Crippen LogP contribution in [0.3, 0.4) is 0 Å². The highest BCUT2D eigenvalue weighted by molar-refractivity contribution is 6.00. The number of halogens is 3. The molecule has 41 heavy (non-hydrogen) atoms. The lowest BCUT2D eigenvalue weighted by molar-refractivity contribution is -0.137. The number of aromatic nitrogens is 2. The number of fused-ring (bicyclic) bond motifs is 1. The first-order valence-electron chi connectivity index (χ1n) is 13.3. The third-order valence-corrected chi connectivity index (χ3v) is 7.16. The van der Waals surface area contributed by atoms with Crippen molar-refractivity contribution in [2.75, 3.05) is 26.8 Å². The molecule has 1 amide bonds. The number of ketones is 1. The molecular formula is C31H30F3N3O4. The molecule has 1 aromatic heterocycles. The van der Waals surface area contributed by atoms with Crippen molar-refractivity contribution < 1.29 is 32.2 Å². The van der Waals surface area contributed by atoms with E-state index in [0.717, 1.165) is 28.6 Å². The minimum absolute atomic E-state index is 0.0970. The van der Waals surface area contributed by atoms with Crippen molar-refractivity contribution in [2.45, 2.75) is 32.5 Å². The fraction of sp³-hybridized carbons (Fsp3) is 0.323. The number of amides is 1. The maximum absolute atomic E-state index is 12.9. The Morgan fingerprint density at radius 3 is 2.29 bits per heavy atom. The van der Waals surface area contributed by atoms with Crippen molar-refractivity contribution in [2.24, 2.45) is 5.92 Å². The number of hydrogen-bond donors (Lipinski definition) is 0. The van der Waals surface area contributed by atoms with E-state index in [1.54, 1.807) is 36.3 Å². The highest BCUT2D eigenvalue weighted by atomic mass is 19.4. The van der Waals surface area contributed by atoms with Gasteiger partial charge >= 0.3 is 6.18 Å². The summed E-state index contributed by atoms with van der Waals surface area (Å²) >= 11 is 0. The van der Waals surface area contributed by atoms with Crippen LogP contribution in [0, 0.1) is 12.8 Å². The smallest absolute Gasteiger partial charge is 0.416 e. The third-order valence-electron chi connectivity index (χ3n) is 7.16. The first-order valence-corrected chi connectivity index (χ1v) is 13.3. The van der Waals surface area contributed by atoms with Gasteiger partial charge in [0.2, 0.25) is 0 Å². The summed E-state index contributed by atoms with van der Waals surface area (Å²) in [5.74, 6) is 0.950. The van der Waals surface area contributed by atoms with E-state index >= 15 is 0 Å². The molecule has 0 bridgehead atoms. The molecule has 0 N–H and O–H groups in total. The Kier molecular flexibility index (Phi) is 8.12. The van der Waals surface area contributed by atoms with Gasteiger partial charge in [-0.3, -0.25) is 14.3 Å². The SMILES string of the molecule is COCCCC(=O)c1cc2cn(CC3CN(C(=O)c4ccc(Oc5ccc(C(F)(F)F)cc5)cc4)C3)nc2cc1C. The first kappa shape index (κ1) is 28.4. The molecule has 7 nitrogen and oxygen atoms in total. The van der Waals surface area contributed by atoms with Gasteiger partial charge in [0.05, 0.1) is 11.1 Å². The maximum atomic E-state index is 12.9. The first-order chi connectivity index (χ1) is 19.6. The number of ether oxygens (including phenoxy) is 2. The zero-order valence-electron chi connectivity index (χ0n) is 22.8. The lowest BCUT2D eigenvalue weighted by atomic mass is 9.98. The molecule has 10 heteroatoms. The van der Waals surface area contributed by atoms with Crippen LogP contribution in [-0.2, 0) is 17.5 Å². The number of benzene rings is 3. The van der Waals surface area contributed by atoms with Gasteiger partial charge in [-0.05, 0) is 79.6 Å². The van der Waals surface area contributed by atoms with E-state index < -0.39 is 11.7 Å². The molecule has 0 saturated carbocycles. The van der Waals surface area contributed by atoms with Crippen LogP contribution >= 0.6 is 0 Å². The molecule has 1 aliphatic heterocycles. The molecule has 0 atom stereocenters. The third kappa shape index (κ3) is 6.59. The van der Waals surface area contributed by atoms with Crippen molar-refractivity contribution in [3.8, 4) is 11.5 Å². The van der Waals surface area contributed by atoms with Crippen LogP contribution < -0.4 is 4.74 Å². The summed E-state index contributed by atoms with van der Waals surface area (Å²) in [6.45, 7) is 4.33. The largest absolute Gasteiger partial charge is 0.457 e. The predicted octanol–water partition coefficient (Wildman–Crippen LogP) is 6.54. The van der Waals surface area contributed by atoms with Crippen LogP contribution in [0.5, 0.6) is 11.5 Å². The second kappa shape index (κ2) is 11.7. The monoisotopic (exact) mass is 565 g/mol. The van der Waals surface area contributed by atoms with Crippen molar-refractivity contribution >= 4 is 22.6 Å². The van der Waals surface area contributed by atoms with Crippen LogP contribution in [0.4, 0.5) is 13.2 Å². The summed E-state index contributed by atoms with van der Waals surface area (Å²) in [6.07, 6.45) is -1.34. The second-order valence-corrected chi connectivity index (χ2v) is 10.3. The summed E-state index contributed by atoms with van der Waals surface area (Å²) in [4.78, 5) is 27.3. The Bertz CT molecular complexity index is 1540. The zero-order valence-corrected chi connectivity index (χ0v) is 22.8. The molecule has 1 fully saturated rings. The Balaban J connectivity index is 1.14. The quantitative estimate of drug-likeness (QED) is 0.161. The summed E-state index contributed by atoms with van der Waals surface area (Å²) in [6, 6.07) is 14.8. The minimum atomic E-state index is -4.41. The van der Waals surface area contributed by atoms with Crippen LogP contribution in [0.25, 0.3) is 10.9 Å². The van der Waals surface area contributed by atoms with Crippen molar-refractivity contribution in [3.63, 3.8) is 0 Å². The van der Waals surface area contributed by atoms with Crippen LogP contribution in [0.2, 0.25) is 0 Å². The number of aryl methyl sites for hydroxylation is 1. The average Bonchev–Trinajstić information content (AvgIpc) is 3.31. The number of rotatable bonds is 10. The molecule has 5 rings (SSSR count). The molecule has 0 unspecified atom stereocenters. The average molecular weight is 566 g/mol. The molecule has 2 heterocycles. The van der Waals surface area contributed by atoms with E-state index in [0.29, 0.717) is 56.0 Å². The van der Waals surface area contributed by atoms with E-state index in [1.165, 1.54) is 12.1 Å². The molecule has 1 aliphatic rings. The molecule has 0 aliphatic carbocycles. The normalized spacial score (nSPS) is 13.8. The van der Waals surface area contributed by atoms with Crippen molar-refractivity contribution in [3.05, 3.63) is 89.1 Å². The standard InChI is InChI=1S/C31H30F3N3O4/c1-20-14-28-23(15-27(20)29(38)4-3-13-40-2)19-37(35-28)18-21-16-36(17-21)30(39)22-5-9-25(10-6-22)41-26-11-7-24(8-12-26)31(32,33)34/h5-12,14-15,19,21H,3-4,13,16-18H2,1-2H3.